The summed E-state index contributed by atoms with van der Waals surface area (Å²) in [6.07, 6.45) is 7.76. The fourth-order valence-corrected chi connectivity index (χ4v) is 3.73. The van der Waals surface area contributed by atoms with Gasteiger partial charge in [0, 0.05) is 62.7 Å². The van der Waals surface area contributed by atoms with Gasteiger partial charge in [-0.25, -0.2) is 15.0 Å². The van der Waals surface area contributed by atoms with Crippen molar-refractivity contribution in [3.05, 3.63) is 45.4 Å². The first-order valence-corrected chi connectivity index (χ1v) is 9.65. The zero-order chi connectivity index (χ0) is 18.6. The fourth-order valence-electron chi connectivity index (χ4n) is 3.73. The second kappa shape index (κ2) is 8.14. The quantitative estimate of drug-likeness (QED) is 0.812. The third-order valence-electron chi connectivity index (χ3n) is 5.19. The Kier molecular flexibility index (Phi) is 5.45. The van der Waals surface area contributed by atoms with Gasteiger partial charge in [0.05, 0.1) is 11.8 Å². The van der Waals surface area contributed by atoms with E-state index in [-0.39, 0.29) is 11.7 Å². The number of aromatic nitrogens is 4. The molecule has 4 rings (SSSR count). The van der Waals surface area contributed by atoms with Crippen molar-refractivity contribution in [1.82, 2.24) is 24.8 Å². The minimum absolute atomic E-state index is 0.00403. The van der Waals surface area contributed by atoms with E-state index in [1.54, 1.807) is 0 Å². The minimum atomic E-state index is 0.00403. The Morgan fingerprint density at radius 2 is 2.11 bits per heavy atom. The highest BCUT2D eigenvalue weighted by Gasteiger charge is 2.19. The Morgan fingerprint density at radius 1 is 1.30 bits per heavy atom. The summed E-state index contributed by atoms with van der Waals surface area (Å²) in [5.41, 5.74) is 2.84. The molecular formula is C19H26N6O2. The number of nitrogens with zero attached hydrogens (tertiary/aromatic N) is 4. The number of H-pyrrole nitrogens is 1. The zero-order valence-electron chi connectivity index (χ0n) is 15.7. The minimum Gasteiger partial charge on any atom is -0.376 e. The number of aromatic amines is 1. The van der Waals surface area contributed by atoms with E-state index in [2.05, 4.69) is 30.2 Å². The van der Waals surface area contributed by atoms with Crippen LogP contribution in [-0.2, 0) is 24.1 Å². The third kappa shape index (κ3) is 4.51. The smallest absolute Gasteiger partial charge is 0.254 e. The molecule has 4 heterocycles. The largest absolute Gasteiger partial charge is 0.376 e. The normalized spacial score (nSPS) is 20.3. The van der Waals surface area contributed by atoms with Crippen LogP contribution in [-0.4, -0.2) is 57.2 Å². The van der Waals surface area contributed by atoms with Crippen LogP contribution in [0, 0.1) is 6.92 Å². The molecule has 2 aliphatic heterocycles. The molecule has 144 valence electrons. The third-order valence-corrected chi connectivity index (χ3v) is 5.19. The van der Waals surface area contributed by atoms with Crippen molar-refractivity contribution in [2.45, 2.75) is 45.3 Å². The maximum Gasteiger partial charge on any atom is 0.254 e. The standard InChI is InChI=1S/C19H26N6O2/c1-13-23-17-5-7-25(6-4-16(17)18(26)24-13)12-14-9-20-19(21-10-14)22-11-15-3-2-8-27-15/h9-10,15H,2-8,11-12H2,1H3,(H,20,21,22)(H,23,24,26)/t15-/m1/s1. The number of anilines is 1. The lowest BCUT2D eigenvalue weighted by Gasteiger charge is -2.19. The van der Waals surface area contributed by atoms with Crippen molar-refractivity contribution in [3.63, 3.8) is 0 Å². The van der Waals surface area contributed by atoms with Gasteiger partial charge >= 0.3 is 0 Å². The van der Waals surface area contributed by atoms with Crippen molar-refractivity contribution in [2.24, 2.45) is 0 Å². The summed E-state index contributed by atoms with van der Waals surface area (Å²) >= 11 is 0. The van der Waals surface area contributed by atoms with E-state index in [1.165, 1.54) is 0 Å². The van der Waals surface area contributed by atoms with Gasteiger partial charge < -0.3 is 15.0 Å². The van der Waals surface area contributed by atoms with Crippen molar-refractivity contribution < 1.29 is 4.74 Å². The summed E-state index contributed by atoms with van der Waals surface area (Å²) in [5, 5.41) is 3.24. The Balaban J connectivity index is 1.33. The molecule has 1 saturated heterocycles. The van der Waals surface area contributed by atoms with Crippen LogP contribution in [0.25, 0.3) is 0 Å². The summed E-state index contributed by atoms with van der Waals surface area (Å²) in [7, 11) is 0. The number of nitrogens with one attached hydrogen (secondary N) is 2. The molecule has 2 aromatic rings. The monoisotopic (exact) mass is 370 g/mol. The molecule has 1 atom stereocenters. The molecule has 0 unspecified atom stereocenters. The van der Waals surface area contributed by atoms with Crippen LogP contribution < -0.4 is 10.9 Å². The highest BCUT2D eigenvalue weighted by molar-refractivity contribution is 5.25. The fraction of sp³-hybridized carbons (Fsp3) is 0.579. The first kappa shape index (κ1) is 18.1. The Morgan fingerprint density at radius 3 is 2.89 bits per heavy atom. The molecule has 0 bridgehead atoms. The van der Waals surface area contributed by atoms with E-state index in [9.17, 15) is 4.79 Å². The molecular weight excluding hydrogens is 344 g/mol. The maximum atomic E-state index is 12.1. The number of rotatable bonds is 5. The molecule has 1 fully saturated rings. The van der Waals surface area contributed by atoms with Crippen LogP contribution in [0.1, 0.15) is 35.5 Å². The van der Waals surface area contributed by atoms with Gasteiger partial charge in [0.2, 0.25) is 5.95 Å². The molecule has 0 aromatic carbocycles. The molecule has 8 nitrogen and oxygen atoms in total. The highest BCUT2D eigenvalue weighted by Crippen LogP contribution is 2.14. The molecule has 2 N–H and O–H groups in total. The average Bonchev–Trinajstić information content (AvgIpc) is 3.10. The second-order valence-corrected chi connectivity index (χ2v) is 7.28. The van der Waals surface area contributed by atoms with Crippen LogP contribution in [0.2, 0.25) is 0 Å². The Hall–Kier alpha value is -2.32. The van der Waals surface area contributed by atoms with E-state index in [0.29, 0.717) is 11.8 Å². The number of ether oxygens (including phenoxy) is 1. The number of hydrogen-bond donors (Lipinski definition) is 2. The maximum absolute atomic E-state index is 12.1. The van der Waals surface area contributed by atoms with E-state index >= 15 is 0 Å². The van der Waals surface area contributed by atoms with Gasteiger partial charge in [0.15, 0.2) is 0 Å². The first-order valence-electron chi connectivity index (χ1n) is 9.65. The van der Waals surface area contributed by atoms with Crippen LogP contribution in [0.5, 0.6) is 0 Å². The van der Waals surface area contributed by atoms with Gasteiger partial charge in [-0.2, -0.15) is 0 Å². The lowest BCUT2D eigenvalue weighted by Crippen LogP contribution is -2.26. The molecule has 0 saturated carbocycles. The van der Waals surface area contributed by atoms with Crippen LogP contribution in [0.3, 0.4) is 0 Å². The van der Waals surface area contributed by atoms with Gasteiger partial charge in [-0.3, -0.25) is 9.69 Å². The molecule has 2 aromatic heterocycles. The lowest BCUT2D eigenvalue weighted by molar-refractivity contribution is 0.120. The van der Waals surface area contributed by atoms with Gasteiger partial charge in [-0.1, -0.05) is 0 Å². The van der Waals surface area contributed by atoms with Crippen LogP contribution in [0.15, 0.2) is 17.2 Å². The van der Waals surface area contributed by atoms with E-state index < -0.39 is 0 Å². The van der Waals surface area contributed by atoms with E-state index in [0.717, 1.165) is 75.3 Å². The van der Waals surface area contributed by atoms with Gasteiger partial charge in [0.25, 0.3) is 5.56 Å². The molecule has 0 spiro atoms. The summed E-state index contributed by atoms with van der Waals surface area (Å²) in [4.78, 5) is 30.6. The SMILES string of the molecule is Cc1nc2c(c(=O)[nH]1)CCN(Cc1cnc(NC[C@H]3CCCO3)nc1)CC2. The van der Waals surface area contributed by atoms with Crippen LogP contribution in [0.4, 0.5) is 5.95 Å². The van der Waals surface area contributed by atoms with Gasteiger partial charge in [0.1, 0.15) is 5.82 Å². The number of hydrogen-bond acceptors (Lipinski definition) is 7. The van der Waals surface area contributed by atoms with Crippen molar-refractivity contribution >= 4 is 5.95 Å². The number of fused-ring (bicyclic) bond motifs is 1. The summed E-state index contributed by atoms with van der Waals surface area (Å²) in [6, 6.07) is 0. The predicted octanol–water partition coefficient (Wildman–Crippen LogP) is 1.06. The molecule has 2 aliphatic rings. The second-order valence-electron chi connectivity index (χ2n) is 7.28. The molecule has 0 aliphatic carbocycles. The lowest BCUT2D eigenvalue weighted by atomic mass is 10.1. The van der Waals surface area contributed by atoms with E-state index in [4.69, 9.17) is 4.74 Å². The molecule has 27 heavy (non-hydrogen) atoms. The average molecular weight is 370 g/mol. The first-order chi connectivity index (χ1) is 13.2. The predicted molar refractivity (Wildman–Crippen MR) is 102 cm³/mol. The Labute approximate surface area is 158 Å². The topological polar surface area (TPSA) is 96.0 Å². The number of aryl methyl sites for hydroxylation is 1. The zero-order valence-corrected chi connectivity index (χ0v) is 15.7. The summed E-state index contributed by atoms with van der Waals surface area (Å²) < 4.78 is 5.60. The van der Waals surface area contributed by atoms with Gasteiger partial charge in [-0.15, -0.1) is 0 Å². The van der Waals surface area contributed by atoms with Gasteiger partial charge in [-0.05, 0) is 26.2 Å². The van der Waals surface area contributed by atoms with Crippen LogP contribution >= 0.6 is 0 Å². The summed E-state index contributed by atoms with van der Waals surface area (Å²) in [6.45, 7) is 5.92. The van der Waals surface area contributed by atoms with Crippen molar-refractivity contribution in [2.75, 3.05) is 31.6 Å². The van der Waals surface area contributed by atoms with Crippen molar-refractivity contribution in [1.29, 1.82) is 0 Å². The van der Waals surface area contributed by atoms with Crippen molar-refractivity contribution in [3.8, 4) is 0 Å². The molecule has 8 heteroatoms. The molecule has 0 radical (unpaired) electrons. The highest BCUT2D eigenvalue weighted by atomic mass is 16.5. The summed E-state index contributed by atoms with van der Waals surface area (Å²) in [5.74, 6) is 1.33. The molecule has 0 amide bonds. The van der Waals surface area contributed by atoms with E-state index in [1.807, 2.05) is 19.3 Å². The Bertz CT molecular complexity index is 829.